The Labute approximate surface area is 185 Å². The third kappa shape index (κ3) is 3.98. The van der Waals surface area contributed by atoms with E-state index in [0.717, 1.165) is 36.9 Å². The molecule has 0 unspecified atom stereocenters. The predicted molar refractivity (Wildman–Crippen MR) is 119 cm³/mol. The van der Waals surface area contributed by atoms with E-state index < -0.39 is 10.8 Å². The van der Waals surface area contributed by atoms with Crippen LogP contribution < -0.4 is 19.7 Å². The fraction of sp³-hybridized carbons (Fsp3) is 0.391. The average Bonchev–Trinajstić information content (AvgIpc) is 3.47. The van der Waals surface area contributed by atoms with Gasteiger partial charge in [0.05, 0.1) is 25.2 Å². The molecule has 2 aliphatic rings. The zero-order chi connectivity index (χ0) is 22.8. The molecule has 1 aliphatic carbocycles. The first-order valence-electron chi connectivity index (χ1n) is 10.6. The van der Waals surface area contributed by atoms with Crippen LogP contribution in [-0.2, 0) is 11.2 Å². The quantitative estimate of drug-likeness (QED) is 0.539. The highest BCUT2D eigenvalue weighted by Gasteiger charge is 2.32. The van der Waals surface area contributed by atoms with Crippen LogP contribution in [0.4, 0.5) is 17.1 Å². The van der Waals surface area contributed by atoms with Crippen molar-refractivity contribution in [3.05, 3.63) is 51.6 Å². The maximum atomic E-state index is 12.9. The average molecular weight is 439 g/mol. The van der Waals surface area contributed by atoms with Crippen LogP contribution in [0, 0.1) is 16.0 Å². The summed E-state index contributed by atoms with van der Waals surface area (Å²) in [6, 6.07) is 7.82. The number of carbonyl (C=O) groups is 2. The van der Waals surface area contributed by atoms with Gasteiger partial charge in [0.25, 0.3) is 11.6 Å². The molecule has 2 aromatic carbocycles. The van der Waals surface area contributed by atoms with E-state index in [4.69, 9.17) is 9.47 Å². The van der Waals surface area contributed by atoms with Gasteiger partial charge in [0.15, 0.2) is 11.5 Å². The molecule has 4 rings (SSSR count). The van der Waals surface area contributed by atoms with Gasteiger partial charge in [-0.3, -0.25) is 19.7 Å². The maximum Gasteiger partial charge on any atom is 0.286 e. The van der Waals surface area contributed by atoms with Gasteiger partial charge in [-0.25, -0.2) is 0 Å². The molecule has 9 heteroatoms. The van der Waals surface area contributed by atoms with Crippen LogP contribution in [0.15, 0.2) is 30.3 Å². The Balaban J connectivity index is 1.56. The number of nitro benzene ring substituents is 1. The summed E-state index contributed by atoms with van der Waals surface area (Å²) in [4.78, 5) is 38.4. The Morgan fingerprint density at radius 2 is 1.78 bits per heavy atom. The van der Waals surface area contributed by atoms with Gasteiger partial charge in [0, 0.05) is 29.9 Å². The summed E-state index contributed by atoms with van der Waals surface area (Å²) in [5, 5.41) is 14.2. The molecular weight excluding hydrogens is 414 g/mol. The molecule has 1 aliphatic heterocycles. The molecule has 0 spiro atoms. The number of anilines is 2. The van der Waals surface area contributed by atoms with E-state index >= 15 is 0 Å². The van der Waals surface area contributed by atoms with E-state index in [0.29, 0.717) is 18.7 Å². The van der Waals surface area contributed by atoms with E-state index in [1.54, 1.807) is 6.07 Å². The minimum absolute atomic E-state index is 0.103. The van der Waals surface area contributed by atoms with Crippen LogP contribution in [0.1, 0.15) is 41.6 Å². The van der Waals surface area contributed by atoms with Crippen LogP contribution in [0.25, 0.3) is 0 Å². The number of nitrogens with zero attached hydrogens (tertiary/aromatic N) is 2. The molecule has 2 amide bonds. The van der Waals surface area contributed by atoms with Gasteiger partial charge in [-0.1, -0.05) is 12.8 Å². The number of ether oxygens (including phenoxy) is 2. The second-order valence-corrected chi connectivity index (χ2v) is 8.00. The van der Waals surface area contributed by atoms with Crippen LogP contribution in [0.5, 0.6) is 11.5 Å². The van der Waals surface area contributed by atoms with Gasteiger partial charge in [-0.15, -0.1) is 0 Å². The number of hydrogen-bond acceptors (Lipinski definition) is 6. The minimum Gasteiger partial charge on any atom is -0.493 e. The lowest BCUT2D eigenvalue weighted by atomic mass is 10.1. The monoisotopic (exact) mass is 439 g/mol. The van der Waals surface area contributed by atoms with Crippen molar-refractivity contribution in [3.63, 3.8) is 0 Å². The number of carbonyl (C=O) groups excluding carboxylic acids is 2. The highest BCUT2D eigenvalue weighted by molar-refractivity contribution is 6.08. The van der Waals surface area contributed by atoms with Gasteiger partial charge in [0.1, 0.15) is 5.56 Å². The molecule has 0 aromatic heterocycles. The molecule has 1 N–H and O–H groups in total. The number of benzene rings is 2. The van der Waals surface area contributed by atoms with Crippen molar-refractivity contribution in [2.45, 2.75) is 32.1 Å². The van der Waals surface area contributed by atoms with E-state index in [2.05, 4.69) is 5.32 Å². The Morgan fingerprint density at radius 3 is 2.44 bits per heavy atom. The fourth-order valence-corrected chi connectivity index (χ4v) is 4.50. The number of nitrogens with one attached hydrogen (secondary N) is 1. The summed E-state index contributed by atoms with van der Waals surface area (Å²) < 4.78 is 10.3. The smallest absolute Gasteiger partial charge is 0.286 e. The lowest BCUT2D eigenvalue weighted by Gasteiger charge is -2.21. The Kier molecular flexibility index (Phi) is 5.98. The summed E-state index contributed by atoms with van der Waals surface area (Å²) in [5.41, 5.74) is 1.83. The first-order chi connectivity index (χ1) is 15.4. The van der Waals surface area contributed by atoms with Gasteiger partial charge in [-0.05, 0) is 43.0 Å². The van der Waals surface area contributed by atoms with Crippen molar-refractivity contribution in [2.75, 3.05) is 31.0 Å². The molecule has 1 saturated carbocycles. The van der Waals surface area contributed by atoms with Crippen molar-refractivity contribution < 1.29 is 24.0 Å². The summed E-state index contributed by atoms with van der Waals surface area (Å²) in [7, 11) is 2.76. The summed E-state index contributed by atoms with van der Waals surface area (Å²) >= 11 is 0. The minimum atomic E-state index is -0.633. The first kappa shape index (κ1) is 21.6. The van der Waals surface area contributed by atoms with Crippen molar-refractivity contribution in [1.82, 2.24) is 0 Å². The third-order valence-electron chi connectivity index (χ3n) is 6.15. The normalized spacial score (nSPS) is 15.4. The zero-order valence-corrected chi connectivity index (χ0v) is 18.1. The Morgan fingerprint density at radius 1 is 1.09 bits per heavy atom. The Bertz CT molecular complexity index is 1080. The highest BCUT2D eigenvalue weighted by Crippen LogP contribution is 2.37. The second kappa shape index (κ2) is 8.86. The standard InChI is InChI=1S/C23H25N3O6/c1-31-20-12-17(19(26(29)30)13-21(20)32-2)22(27)24-16-7-8-18-15(11-16)9-10-25(18)23(28)14-5-3-4-6-14/h7-8,11-14H,3-6,9-10H2,1-2H3,(H,24,27). The van der Waals surface area contributed by atoms with Crippen LogP contribution >= 0.6 is 0 Å². The molecule has 168 valence electrons. The number of amides is 2. The van der Waals surface area contributed by atoms with Crippen molar-refractivity contribution in [1.29, 1.82) is 0 Å². The molecule has 1 fully saturated rings. The topological polar surface area (TPSA) is 111 Å². The number of fused-ring (bicyclic) bond motifs is 1. The maximum absolute atomic E-state index is 12.9. The van der Waals surface area contributed by atoms with E-state index in [1.807, 2.05) is 17.0 Å². The fourth-order valence-electron chi connectivity index (χ4n) is 4.50. The Hall–Kier alpha value is -3.62. The molecule has 0 saturated heterocycles. The second-order valence-electron chi connectivity index (χ2n) is 8.00. The predicted octanol–water partition coefficient (Wildman–Crippen LogP) is 3.94. The van der Waals surface area contributed by atoms with Crippen LogP contribution in [0.3, 0.4) is 0 Å². The number of rotatable bonds is 6. The van der Waals surface area contributed by atoms with E-state index in [1.165, 1.54) is 26.4 Å². The third-order valence-corrected chi connectivity index (χ3v) is 6.15. The van der Waals surface area contributed by atoms with Crippen molar-refractivity contribution >= 4 is 28.9 Å². The summed E-state index contributed by atoms with van der Waals surface area (Å²) in [6.07, 6.45) is 4.80. The van der Waals surface area contributed by atoms with Crippen molar-refractivity contribution in [3.8, 4) is 11.5 Å². The van der Waals surface area contributed by atoms with Crippen LogP contribution in [-0.4, -0.2) is 37.5 Å². The van der Waals surface area contributed by atoms with Crippen LogP contribution in [0.2, 0.25) is 0 Å². The highest BCUT2D eigenvalue weighted by atomic mass is 16.6. The summed E-state index contributed by atoms with van der Waals surface area (Å²) in [5.74, 6) is 0.0398. The van der Waals surface area contributed by atoms with Gasteiger partial charge in [-0.2, -0.15) is 0 Å². The molecule has 0 radical (unpaired) electrons. The number of methoxy groups -OCH3 is 2. The van der Waals surface area contributed by atoms with Gasteiger partial charge < -0.3 is 19.7 Å². The molecule has 0 atom stereocenters. The molecule has 32 heavy (non-hydrogen) atoms. The molecule has 9 nitrogen and oxygen atoms in total. The lowest BCUT2D eigenvalue weighted by Crippen LogP contribution is -2.33. The largest absolute Gasteiger partial charge is 0.493 e. The first-order valence-corrected chi connectivity index (χ1v) is 10.6. The van der Waals surface area contributed by atoms with Gasteiger partial charge in [0.2, 0.25) is 5.91 Å². The molecular formula is C23H25N3O6. The molecule has 2 aromatic rings. The van der Waals surface area contributed by atoms with E-state index in [-0.39, 0.29) is 34.6 Å². The number of nitro groups is 1. The van der Waals surface area contributed by atoms with E-state index in [9.17, 15) is 19.7 Å². The SMILES string of the molecule is COc1cc(C(=O)Nc2ccc3c(c2)CCN3C(=O)C2CCCC2)c([N+](=O)[O-])cc1OC. The molecule has 0 bridgehead atoms. The zero-order valence-electron chi connectivity index (χ0n) is 18.1. The van der Waals surface area contributed by atoms with Crippen molar-refractivity contribution in [2.24, 2.45) is 5.92 Å². The summed E-state index contributed by atoms with van der Waals surface area (Å²) in [6.45, 7) is 0.628. The lowest BCUT2D eigenvalue weighted by molar-refractivity contribution is -0.385. The number of hydrogen-bond donors (Lipinski definition) is 1. The molecule has 1 heterocycles. The van der Waals surface area contributed by atoms with Gasteiger partial charge >= 0.3 is 0 Å².